The van der Waals surface area contributed by atoms with Crippen molar-refractivity contribution in [2.45, 2.75) is 0 Å². The Morgan fingerprint density at radius 1 is 1.23 bits per heavy atom. The second kappa shape index (κ2) is 9.21. The zero-order chi connectivity index (χ0) is 18.2. The van der Waals surface area contributed by atoms with Crippen molar-refractivity contribution in [3.05, 3.63) is 41.3 Å². The molecule has 1 aromatic heterocycles. The third-order valence-electron chi connectivity index (χ3n) is 3.75. The molecule has 0 bridgehead atoms. The summed E-state index contributed by atoms with van der Waals surface area (Å²) in [6.45, 7) is 3.21. The fourth-order valence-corrected chi connectivity index (χ4v) is 3.32. The van der Waals surface area contributed by atoms with Crippen LogP contribution >= 0.6 is 11.3 Å². The lowest BCUT2D eigenvalue weighted by molar-refractivity contribution is -0.123. The Kier molecular flexibility index (Phi) is 6.45. The lowest BCUT2D eigenvalue weighted by Gasteiger charge is -2.27. The summed E-state index contributed by atoms with van der Waals surface area (Å²) in [5, 5.41) is 5.17. The molecule has 0 saturated carbocycles. The summed E-state index contributed by atoms with van der Waals surface area (Å²) < 4.78 is 15.8. The second-order valence-corrected chi connectivity index (χ2v) is 6.63. The van der Waals surface area contributed by atoms with Gasteiger partial charge in [0.25, 0.3) is 5.91 Å². The van der Waals surface area contributed by atoms with Gasteiger partial charge in [-0.15, -0.1) is 11.3 Å². The van der Waals surface area contributed by atoms with Crippen LogP contribution in [0.2, 0.25) is 0 Å². The second-order valence-electron chi connectivity index (χ2n) is 5.53. The minimum absolute atomic E-state index is 0.104. The van der Waals surface area contributed by atoms with E-state index in [1.54, 1.807) is 48.9 Å². The van der Waals surface area contributed by atoms with E-state index in [9.17, 15) is 4.79 Å². The number of hydrazone groups is 1. The van der Waals surface area contributed by atoms with Gasteiger partial charge in [-0.3, -0.25) is 4.79 Å². The number of amides is 1. The molecular weight excluding hydrogens is 354 g/mol. The van der Waals surface area contributed by atoms with Crippen LogP contribution in [0.5, 0.6) is 11.5 Å². The number of hydrogen-bond acceptors (Lipinski definition) is 7. The molecule has 8 heteroatoms. The van der Waals surface area contributed by atoms with Crippen LogP contribution < -0.4 is 19.8 Å². The van der Waals surface area contributed by atoms with Gasteiger partial charge < -0.3 is 19.1 Å². The highest BCUT2D eigenvalue weighted by Crippen LogP contribution is 2.25. The summed E-state index contributed by atoms with van der Waals surface area (Å²) in [5.74, 6) is 1.01. The number of carbonyl (C=O) groups is 1. The number of nitrogens with zero attached hydrogens (tertiary/aromatic N) is 2. The average molecular weight is 375 g/mol. The van der Waals surface area contributed by atoms with Gasteiger partial charge >= 0.3 is 0 Å². The Morgan fingerprint density at radius 2 is 1.96 bits per heavy atom. The van der Waals surface area contributed by atoms with E-state index in [0.717, 1.165) is 36.9 Å². The number of anilines is 1. The number of rotatable bonds is 7. The van der Waals surface area contributed by atoms with Crippen LogP contribution in [0.25, 0.3) is 0 Å². The fourth-order valence-electron chi connectivity index (χ4n) is 2.39. The average Bonchev–Trinajstić information content (AvgIpc) is 3.16. The number of hydrogen-bond donors (Lipinski definition) is 1. The van der Waals surface area contributed by atoms with E-state index in [4.69, 9.17) is 14.2 Å². The Labute approximate surface area is 156 Å². The molecule has 0 radical (unpaired) electrons. The fraction of sp³-hybridized carbons (Fsp3) is 0.333. The Morgan fingerprint density at radius 3 is 2.69 bits per heavy atom. The number of ether oxygens (including phenoxy) is 3. The molecule has 2 heterocycles. The molecule has 0 unspecified atom stereocenters. The highest BCUT2D eigenvalue weighted by Gasteiger charge is 2.12. The van der Waals surface area contributed by atoms with Gasteiger partial charge in [0.05, 0.1) is 31.5 Å². The number of carbonyl (C=O) groups excluding carboxylic acids is 1. The van der Waals surface area contributed by atoms with Gasteiger partial charge in [0.1, 0.15) is 11.5 Å². The van der Waals surface area contributed by atoms with Gasteiger partial charge in [-0.2, -0.15) is 5.10 Å². The molecule has 1 fully saturated rings. The molecule has 1 aliphatic heterocycles. The molecule has 1 aliphatic rings. The summed E-state index contributed by atoms with van der Waals surface area (Å²) in [6, 6.07) is 11.1. The molecule has 0 atom stereocenters. The SMILES string of the molecule is COc1ccc(OCC(=O)N/N=C/c2ccc(N3CCOCC3)s2)cc1. The van der Waals surface area contributed by atoms with Gasteiger partial charge in [-0.05, 0) is 36.4 Å². The van der Waals surface area contributed by atoms with Crippen molar-refractivity contribution in [3.8, 4) is 11.5 Å². The molecule has 1 N–H and O–H groups in total. The van der Waals surface area contributed by atoms with Gasteiger partial charge in [-0.25, -0.2) is 5.43 Å². The van der Waals surface area contributed by atoms with Crippen LogP contribution in [0.1, 0.15) is 4.88 Å². The molecule has 26 heavy (non-hydrogen) atoms. The summed E-state index contributed by atoms with van der Waals surface area (Å²) in [4.78, 5) is 15.0. The standard InChI is InChI=1S/C18H21N3O4S/c1-23-14-2-4-15(5-3-14)25-13-17(22)20-19-12-16-6-7-18(26-16)21-8-10-24-11-9-21/h2-7,12H,8-11,13H2,1H3,(H,20,22)/b19-12+. The van der Waals surface area contributed by atoms with Gasteiger partial charge in [0.15, 0.2) is 6.61 Å². The number of nitrogens with one attached hydrogen (secondary N) is 1. The number of morpholine rings is 1. The van der Waals surface area contributed by atoms with Crippen molar-refractivity contribution in [2.75, 3.05) is 44.9 Å². The first-order valence-electron chi connectivity index (χ1n) is 8.26. The summed E-state index contributed by atoms with van der Waals surface area (Å²) in [6.07, 6.45) is 1.64. The predicted octanol–water partition coefficient (Wildman–Crippen LogP) is 2.12. The first-order chi connectivity index (χ1) is 12.7. The molecule has 0 spiro atoms. The van der Waals surface area contributed by atoms with Crippen molar-refractivity contribution in [1.82, 2.24) is 5.43 Å². The first-order valence-corrected chi connectivity index (χ1v) is 9.07. The van der Waals surface area contributed by atoms with E-state index in [1.165, 1.54) is 5.00 Å². The van der Waals surface area contributed by atoms with Crippen LogP contribution in [0, 0.1) is 0 Å². The monoisotopic (exact) mass is 375 g/mol. The summed E-state index contributed by atoms with van der Waals surface area (Å²) >= 11 is 1.63. The largest absolute Gasteiger partial charge is 0.497 e. The summed E-state index contributed by atoms with van der Waals surface area (Å²) in [7, 11) is 1.60. The third-order valence-corrected chi connectivity index (χ3v) is 4.83. The zero-order valence-corrected chi connectivity index (χ0v) is 15.3. The molecule has 2 aromatic rings. The van der Waals surface area contributed by atoms with Crippen molar-refractivity contribution >= 4 is 28.5 Å². The van der Waals surface area contributed by atoms with Gasteiger partial charge in [0.2, 0.25) is 0 Å². The Hall–Kier alpha value is -2.58. The summed E-state index contributed by atoms with van der Waals surface area (Å²) in [5.41, 5.74) is 2.47. The number of benzene rings is 1. The number of thiophene rings is 1. The highest BCUT2D eigenvalue weighted by atomic mass is 32.1. The van der Waals surface area contributed by atoms with Crippen LogP contribution in [-0.2, 0) is 9.53 Å². The Balaban J connectivity index is 1.42. The molecule has 3 rings (SSSR count). The lowest BCUT2D eigenvalue weighted by Crippen LogP contribution is -2.35. The molecule has 1 aromatic carbocycles. The van der Waals surface area contributed by atoms with Crippen molar-refractivity contribution in [3.63, 3.8) is 0 Å². The smallest absolute Gasteiger partial charge is 0.277 e. The molecule has 0 aliphatic carbocycles. The lowest BCUT2D eigenvalue weighted by atomic mass is 10.3. The molecular formula is C18H21N3O4S. The molecule has 1 saturated heterocycles. The maximum absolute atomic E-state index is 11.8. The maximum atomic E-state index is 11.8. The number of methoxy groups -OCH3 is 1. The van der Waals surface area contributed by atoms with E-state index in [0.29, 0.717) is 5.75 Å². The third kappa shape index (κ3) is 5.21. The zero-order valence-electron chi connectivity index (χ0n) is 14.5. The quantitative estimate of drug-likeness (QED) is 0.593. The van der Waals surface area contributed by atoms with Crippen LogP contribution in [-0.4, -0.2) is 52.1 Å². The van der Waals surface area contributed by atoms with Crippen molar-refractivity contribution < 1.29 is 19.0 Å². The van der Waals surface area contributed by atoms with Crippen LogP contribution in [0.4, 0.5) is 5.00 Å². The minimum Gasteiger partial charge on any atom is -0.497 e. The topological polar surface area (TPSA) is 72.4 Å². The molecule has 1 amide bonds. The van der Waals surface area contributed by atoms with E-state index in [2.05, 4.69) is 21.5 Å². The van der Waals surface area contributed by atoms with Crippen molar-refractivity contribution in [2.24, 2.45) is 5.10 Å². The van der Waals surface area contributed by atoms with E-state index in [-0.39, 0.29) is 12.5 Å². The van der Waals surface area contributed by atoms with E-state index in [1.807, 2.05) is 6.07 Å². The highest BCUT2D eigenvalue weighted by molar-refractivity contribution is 7.17. The Bertz CT molecular complexity index is 739. The van der Waals surface area contributed by atoms with Crippen molar-refractivity contribution in [1.29, 1.82) is 0 Å². The normalized spacial score (nSPS) is 14.4. The van der Waals surface area contributed by atoms with E-state index < -0.39 is 0 Å². The maximum Gasteiger partial charge on any atom is 0.277 e. The predicted molar refractivity (Wildman–Crippen MR) is 102 cm³/mol. The minimum atomic E-state index is -0.318. The van der Waals surface area contributed by atoms with Crippen LogP contribution in [0.15, 0.2) is 41.5 Å². The molecule has 7 nitrogen and oxygen atoms in total. The molecule has 138 valence electrons. The van der Waals surface area contributed by atoms with E-state index >= 15 is 0 Å². The van der Waals surface area contributed by atoms with Gasteiger partial charge in [0, 0.05) is 18.0 Å². The van der Waals surface area contributed by atoms with Crippen LogP contribution in [0.3, 0.4) is 0 Å². The van der Waals surface area contributed by atoms with Gasteiger partial charge in [-0.1, -0.05) is 0 Å². The first kappa shape index (κ1) is 18.2.